The van der Waals surface area contributed by atoms with Crippen molar-refractivity contribution in [3.8, 4) is 0 Å². The molecule has 0 radical (unpaired) electrons. The van der Waals surface area contributed by atoms with Crippen LogP contribution >= 0.6 is 0 Å². The fraction of sp³-hybridized carbons (Fsp3) is 0.320. The van der Waals surface area contributed by atoms with Crippen LogP contribution in [0.1, 0.15) is 48.5 Å². The number of benzene rings is 2. The molecule has 2 aromatic heterocycles. The fourth-order valence-electron chi connectivity index (χ4n) is 3.73. The van der Waals surface area contributed by atoms with E-state index in [1.807, 2.05) is 45.0 Å². The molecule has 0 aliphatic heterocycles. The number of aryl methyl sites for hydroxylation is 1. The largest absolute Gasteiger partial charge is 0.347 e. The maximum atomic E-state index is 13.4. The predicted octanol–water partition coefficient (Wildman–Crippen LogP) is 3.38. The Morgan fingerprint density at radius 3 is 2.49 bits per heavy atom. The molecule has 0 fully saturated rings. The number of hydrogen-bond donors (Lipinski definition) is 2. The summed E-state index contributed by atoms with van der Waals surface area (Å²) in [4.78, 5) is 30.4. The summed E-state index contributed by atoms with van der Waals surface area (Å²) in [5.41, 5.74) is 1.22. The van der Waals surface area contributed by atoms with Crippen LogP contribution in [-0.2, 0) is 17.9 Å². The number of aromatic nitrogens is 4. The molecule has 0 aliphatic rings. The molecule has 1 atom stereocenters. The third-order valence-corrected chi connectivity index (χ3v) is 5.51. The van der Waals surface area contributed by atoms with Crippen molar-refractivity contribution in [1.82, 2.24) is 30.6 Å². The zero-order valence-electron chi connectivity index (χ0n) is 20.0. The number of amides is 2. The molecule has 35 heavy (non-hydrogen) atoms. The van der Waals surface area contributed by atoms with Gasteiger partial charge in [0, 0.05) is 12.3 Å². The summed E-state index contributed by atoms with van der Waals surface area (Å²) in [5.74, 6) is -0.411. The van der Waals surface area contributed by atoms with Gasteiger partial charge < -0.3 is 15.2 Å². The molecule has 0 unspecified atom stereocenters. The smallest absolute Gasteiger partial charge is 0.273 e. The van der Waals surface area contributed by atoms with Crippen molar-refractivity contribution in [2.24, 2.45) is 5.41 Å². The van der Waals surface area contributed by atoms with Gasteiger partial charge in [0.2, 0.25) is 11.8 Å². The lowest BCUT2D eigenvalue weighted by Crippen LogP contribution is -2.53. The summed E-state index contributed by atoms with van der Waals surface area (Å²) in [6.07, 6.45) is 0. The summed E-state index contributed by atoms with van der Waals surface area (Å²) in [6.45, 7) is 7.69. The number of nitrogens with one attached hydrogen (secondary N) is 2. The predicted molar refractivity (Wildman–Crippen MR) is 127 cm³/mol. The average molecular weight is 479 g/mol. The number of para-hydroxylation sites is 1. The number of carbonyl (C=O) groups is 2. The lowest BCUT2D eigenvalue weighted by Gasteiger charge is -2.30. The van der Waals surface area contributed by atoms with Crippen LogP contribution in [0.5, 0.6) is 0 Å². The van der Waals surface area contributed by atoms with Gasteiger partial charge in [0.25, 0.3) is 5.91 Å². The van der Waals surface area contributed by atoms with Crippen LogP contribution in [0.25, 0.3) is 10.9 Å². The molecule has 0 saturated heterocycles. The number of halogens is 1. The van der Waals surface area contributed by atoms with Crippen LogP contribution in [0.2, 0.25) is 0 Å². The third kappa shape index (κ3) is 5.53. The molecule has 10 heteroatoms. The number of carbonyl (C=O) groups excluding carboxylic acids is 2. The van der Waals surface area contributed by atoms with Gasteiger partial charge in [0.05, 0.1) is 18.6 Å². The Balaban J connectivity index is 1.56. The normalized spacial score (nSPS) is 12.5. The molecule has 182 valence electrons. The maximum absolute atomic E-state index is 13.4. The third-order valence-electron chi connectivity index (χ3n) is 5.51. The van der Waals surface area contributed by atoms with Crippen molar-refractivity contribution >= 4 is 22.7 Å². The highest BCUT2D eigenvalue weighted by atomic mass is 19.1. The first-order valence-corrected chi connectivity index (χ1v) is 11.2. The summed E-state index contributed by atoms with van der Waals surface area (Å²) in [7, 11) is 0. The van der Waals surface area contributed by atoms with Crippen molar-refractivity contribution < 1.29 is 18.5 Å². The Hall–Kier alpha value is -4.08. The first kappa shape index (κ1) is 24.1. The van der Waals surface area contributed by atoms with Gasteiger partial charge in [-0.25, -0.2) is 4.39 Å². The molecule has 0 saturated carbocycles. The van der Waals surface area contributed by atoms with E-state index < -0.39 is 17.4 Å². The van der Waals surface area contributed by atoms with E-state index in [4.69, 9.17) is 4.52 Å². The summed E-state index contributed by atoms with van der Waals surface area (Å²) >= 11 is 0. The summed E-state index contributed by atoms with van der Waals surface area (Å²) in [5, 5.41) is 14.6. The molecule has 2 heterocycles. The highest BCUT2D eigenvalue weighted by molar-refractivity contribution is 6.06. The van der Waals surface area contributed by atoms with Gasteiger partial charge in [0.1, 0.15) is 11.9 Å². The quantitative estimate of drug-likeness (QED) is 0.421. The molecule has 2 N–H and O–H groups in total. The summed E-state index contributed by atoms with van der Waals surface area (Å²) < 4.78 is 19.9. The molecule has 0 aliphatic carbocycles. The zero-order valence-corrected chi connectivity index (χ0v) is 20.0. The molecular formula is C25H27FN6O3. The molecule has 9 nitrogen and oxygen atoms in total. The van der Waals surface area contributed by atoms with Gasteiger partial charge in [-0.1, -0.05) is 56.3 Å². The van der Waals surface area contributed by atoms with Gasteiger partial charge in [-0.2, -0.15) is 10.1 Å². The standard InChI is InChI=1S/C25H27FN6O3/c1-15-28-20(31-35-15)13-27-24(34)22(25(2,3)4)29-23(33)21-18-7-5-6-8-19(18)32(30-21)14-16-9-11-17(26)12-10-16/h5-12,22H,13-14H2,1-4H3,(H,27,34)(H,29,33)/t22-/m1/s1. The van der Waals surface area contributed by atoms with Gasteiger partial charge >= 0.3 is 0 Å². The SMILES string of the molecule is Cc1nc(CNC(=O)[C@@H](NC(=O)c2nn(Cc3ccc(F)cc3)c3ccccc23)C(C)(C)C)no1. The number of hydrogen-bond acceptors (Lipinski definition) is 6. The Kier molecular flexibility index (Phi) is 6.63. The van der Waals surface area contributed by atoms with Crippen LogP contribution in [-0.4, -0.2) is 37.8 Å². The average Bonchev–Trinajstić information content (AvgIpc) is 3.40. The molecule has 4 aromatic rings. The highest BCUT2D eigenvalue weighted by Gasteiger charge is 2.34. The van der Waals surface area contributed by atoms with Crippen LogP contribution in [0.3, 0.4) is 0 Å². The van der Waals surface area contributed by atoms with E-state index in [1.54, 1.807) is 23.7 Å². The van der Waals surface area contributed by atoms with Crippen molar-refractivity contribution in [3.63, 3.8) is 0 Å². The Morgan fingerprint density at radius 1 is 1.11 bits per heavy atom. The minimum absolute atomic E-state index is 0.0772. The minimum atomic E-state index is -0.844. The van der Waals surface area contributed by atoms with E-state index in [1.165, 1.54) is 12.1 Å². The first-order valence-electron chi connectivity index (χ1n) is 11.2. The number of nitrogens with zero attached hydrogens (tertiary/aromatic N) is 4. The van der Waals surface area contributed by atoms with Gasteiger partial charge in [-0.3, -0.25) is 14.3 Å². The second-order valence-electron chi connectivity index (χ2n) is 9.37. The van der Waals surface area contributed by atoms with Gasteiger partial charge in [-0.05, 0) is 29.2 Å². The van der Waals surface area contributed by atoms with Gasteiger partial charge in [-0.15, -0.1) is 0 Å². The first-order chi connectivity index (χ1) is 16.6. The monoisotopic (exact) mass is 478 g/mol. The fourth-order valence-corrected chi connectivity index (χ4v) is 3.73. The zero-order chi connectivity index (χ0) is 25.2. The maximum Gasteiger partial charge on any atom is 0.273 e. The van der Waals surface area contributed by atoms with Crippen LogP contribution in [0, 0.1) is 18.2 Å². The Labute approximate surface area is 201 Å². The van der Waals surface area contributed by atoms with E-state index in [-0.39, 0.29) is 24.0 Å². The lowest BCUT2D eigenvalue weighted by molar-refractivity contribution is -0.125. The topological polar surface area (TPSA) is 115 Å². The molecular weight excluding hydrogens is 451 g/mol. The lowest BCUT2D eigenvalue weighted by atomic mass is 9.86. The molecule has 0 spiro atoms. The van der Waals surface area contributed by atoms with Crippen molar-refractivity contribution in [1.29, 1.82) is 0 Å². The number of fused-ring (bicyclic) bond motifs is 1. The molecule has 2 aromatic carbocycles. The van der Waals surface area contributed by atoms with Gasteiger partial charge in [0.15, 0.2) is 11.5 Å². The van der Waals surface area contributed by atoms with E-state index in [0.717, 1.165) is 11.1 Å². The van der Waals surface area contributed by atoms with Crippen molar-refractivity contribution in [2.75, 3.05) is 0 Å². The minimum Gasteiger partial charge on any atom is -0.347 e. The Morgan fingerprint density at radius 2 is 1.83 bits per heavy atom. The molecule has 0 bridgehead atoms. The molecule has 2 amide bonds. The second-order valence-corrected chi connectivity index (χ2v) is 9.37. The molecule has 4 rings (SSSR count). The van der Waals surface area contributed by atoms with E-state index in [0.29, 0.717) is 23.6 Å². The van der Waals surface area contributed by atoms with E-state index in [2.05, 4.69) is 25.9 Å². The van der Waals surface area contributed by atoms with Crippen LogP contribution in [0.15, 0.2) is 53.1 Å². The van der Waals surface area contributed by atoms with E-state index >= 15 is 0 Å². The van der Waals surface area contributed by atoms with E-state index in [9.17, 15) is 14.0 Å². The second kappa shape index (κ2) is 9.65. The van der Waals surface area contributed by atoms with Crippen molar-refractivity contribution in [2.45, 2.75) is 46.8 Å². The number of rotatable bonds is 7. The summed E-state index contributed by atoms with van der Waals surface area (Å²) in [6, 6.07) is 12.6. The van der Waals surface area contributed by atoms with Crippen LogP contribution in [0.4, 0.5) is 4.39 Å². The van der Waals surface area contributed by atoms with Crippen LogP contribution < -0.4 is 10.6 Å². The van der Waals surface area contributed by atoms with Crippen molar-refractivity contribution in [3.05, 3.63) is 77.3 Å². The highest BCUT2D eigenvalue weighted by Crippen LogP contribution is 2.23. The Bertz CT molecular complexity index is 1350.